The maximum atomic E-state index is 13.6. The van der Waals surface area contributed by atoms with Crippen LogP contribution in [-0.4, -0.2) is 26.2 Å². The number of hydrogen-bond donors (Lipinski definition) is 1. The van der Waals surface area contributed by atoms with E-state index in [1.54, 1.807) is 12.1 Å². The summed E-state index contributed by atoms with van der Waals surface area (Å²) in [7, 11) is 3.69. The number of nitriles is 1. The molecular formula is C15H22FN3. The molecule has 0 fully saturated rings. The summed E-state index contributed by atoms with van der Waals surface area (Å²) >= 11 is 0. The second-order valence-electron chi connectivity index (χ2n) is 4.77. The van der Waals surface area contributed by atoms with Gasteiger partial charge in [-0.25, -0.2) is 4.39 Å². The predicted octanol–water partition coefficient (Wildman–Crippen LogP) is 2.93. The molecule has 0 aliphatic heterocycles. The molecule has 0 saturated carbocycles. The molecule has 104 valence electrons. The molecule has 1 rings (SSSR count). The topological polar surface area (TPSA) is 39.1 Å². The van der Waals surface area contributed by atoms with Gasteiger partial charge in [0, 0.05) is 13.6 Å². The molecule has 0 aromatic heterocycles. The molecule has 0 bridgehead atoms. The van der Waals surface area contributed by atoms with Gasteiger partial charge in [-0.1, -0.05) is 19.1 Å². The third kappa shape index (κ3) is 3.93. The molecular weight excluding hydrogens is 241 g/mol. The normalized spacial score (nSPS) is 13.6. The van der Waals surface area contributed by atoms with Crippen molar-refractivity contribution in [2.24, 2.45) is 0 Å². The van der Waals surface area contributed by atoms with Crippen molar-refractivity contribution >= 4 is 5.69 Å². The fourth-order valence-electron chi connectivity index (χ4n) is 2.17. The molecule has 0 heterocycles. The van der Waals surface area contributed by atoms with Crippen molar-refractivity contribution in [3.63, 3.8) is 0 Å². The van der Waals surface area contributed by atoms with Crippen LogP contribution in [0.3, 0.4) is 0 Å². The summed E-state index contributed by atoms with van der Waals surface area (Å²) < 4.78 is 13.6. The van der Waals surface area contributed by atoms with Gasteiger partial charge in [-0.2, -0.15) is 5.26 Å². The van der Waals surface area contributed by atoms with Crippen LogP contribution >= 0.6 is 0 Å². The zero-order chi connectivity index (χ0) is 14.3. The van der Waals surface area contributed by atoms with E-state index < -0.39 is 5.54 Å². The first-order valence-electron chi connectivity index (χ1n) is 6.64. The third-order valence-electron chi connectivity index (χ3n) is 3.66. The second-order valence-corrected chi connectivity index (χ2v) is 4.77. The lowest BCUT2D eigenvalue weighted by Gasteiger charge is -2.26. The van der Waals surface area contributed by atoms with Gasteiger partial charge in [0.05, 0.1) is 11.8 Å². The van der Waals surface area contributed by atoms with Gasteiger partial charge in [0.25, 0.3) is 0 Å². The van der Waals surface area contributed by atoms with Crippen LogP contribution in [0.25, 0.3) is 0 Å². The summed E-state index contributed by atoms with van der Waals surface area (Å²) in [5.74, 6) is -0.208. The van der Waals surface area contributed by atoms with Crippen molar-refractivity contribution < 1.29 is 4.39 Å². The lowest BCUT2D eigenvalue weighted by Crippen LogP contribution is -2.41. The fourth-order valence-corrected chi connectivity index (χ4v) is 2.17. The standard InChI is InChI=1S/C15H22FN3/c1-4-15(12-17,18-2)10-7-11-19(3)14-9-6-5-8-13(14)16/h5-6,8-9,18H,4,7,10-11H2,1-3H3. The van der Waals surface area contributed by atoms with Crippen LogP contribution < -0.4 is 10.2 Å². The van der Waals surface area contributed by atoms with Crippen LogP contribution in [0.1, 0.15) is 26.2 Å². The van der Waals surface area contributed by atoms with E-state index in [4.69, 9.17) is 0 Å². The highest BCUT2D eigenvalue weighted by molar-refractivity contribution is 5.46. The summed E-state index contributed by atoms with van der Waals surface area (Å²) in [6.07, 6.45) is 2.37. The minimum Gasteiger partial charge on any atom is -0.372 e. The van der Waals surface area contributed by atoms with Gasteiger partial charge < -0.3 is 10.2 Å². The molecule has 4 heteroatoms. The Hall–Kier alpha value is -1.60. The monoisotopic (exact) mass is 263 g/mol. The lowest BCUT2D eigenvalue weighted by atomic mass is 9.92. The van der Waals surface area contributed by atoms with Crippen molar-refractivity contribution in [3.8, 4) is 6.07 Å². The molecule has 3 nitrogen and oxygen atoms in total. The highest BCUT2D eigenvalue weighted by Crippen LogP contribution is 2.20. The minimum atomic E-state index is -0.462. The fraction of sp³-hybridized carbons (Fsp3) is 0.533. The zero-order valence-corrected chi connectivity index (χ0v) is 11.9. The summed E-state index contributed by atoms with van der Waals surface area (Å²) in [5.41, 5.74) is 0.141. The van der Waals surface area contributed by atoms with E-state index in [0.717, 1.165) is 25.8 Å². The van der Waals surface area contributed by atoms with Crippen molar-refractivity contribution in [3.05, 3.63) is 30.1 Å². The smallest absolute Gasteiger partial charge is 0.146 e. The van der Waals surface area contributed by atoms with Crippen molar-refractivity contribution in [1.82, 2.24) is 5.32 Å². The second kappa shape index (κ2) is 7.10. The van der Waals surface area contributed by atoms with E-state index in [9.17, 15) is 9.65 Å². The van der Waals surface area contributed by atoms with Gasteiger partial charge >= 0.3 is 0 Å². The van der Waals surface area contributed by atoms with Gasteiger partial charge in [0.2, 0.25) is 0 Å². The van der Waals surface area contributed by atoms with Crippen LogP contribution in [0.4, 0.5) is 10.1 Å². The first-order chi connectivity index (χ1) is 9.08. The number of anilines is 1. The zero-order valence-electron chi connectivity index (χ0n) is 11.9. The Balaban J connectivity index is 2.54. The number of nitrogens with zero attached hydrogens (tertiary/aromatic N) is 2. The Morgan fingerprint density at radius 1 is 1.42 bits per heavy atom. The first kappa shape index (κ1) is 15.5. The number of para-hydroxylation sites is 1. The molecule has 19 heavy (non-hydrogen) atoms. The molecule has 1 aromatic carbocycles. The molecule has 0 amide bonds. The lowest BCUT2D eigenvalue weighted by molar-refractivity contribution is 0.393. The van der Waals surface area contributed by atoms with E-state index in [-0.39, 0.29) is 5.82 Å². The highest BCUT2D eigenvalue weighted by atomic mass is 19.1. The maximum Gasteiger partial charge on any atom is 0.146 e. The molecule has 1 aromatic rings. The average molecular weight is 263 g/mol. The number of rotatable bonds is 7. The predicted molar refractivity (Wildman–Crippen MR) is 76.6 cm³/mol. The number of halogens is 1. The molecule has 1 atom stereocenters. The van der Waals surface area contributed by atoms with Gasteiger partial charge in [0.15, 0.2) is 0 Å². The quantitative estimate of drug-likeness (QED) is 0.822. The Kier molecular flexibility index (Phi) is 5.78. The number of benzene rings is 1. The molecule has 1 N–H and O–H groups in total. The Bertz CT molecular complexity index is 435. The van der Waals surface area contributed by atoms with Gasteiger partial charge in [-0.3, -0.25) is 0 Å². The van der Waals surface area contributed by atoms with Crippen LogP contribution in [-0.2, 0) is 0 Å². The Morgan fingerprint density at radius 2 is 2.11 bits per heavy atom. The molecule has 0 aliphatic carbocycles. The van der Waals surface area contributed by atoms with Crippen molar-refractivity contribution in [2.75, 3.05) is 25.5 Å². The molecule has 0 saturated heterocycles. The van der Waals surface area contributed by atoms with E-state index in [1.807, 2.05) is 32.0 Å². The average Bonchev–Trinajstić information content (AvgIpc) is 2.44. The Labute approximate surface area is 115 Å². The van der Waals surface area contributed by atoms with Crippen LogP contribution in [0.5, 0.6) is 0 Å². The molecule has 0 aliphatic rings. The first-order valence-corrected chi connectivity index (χ1v) is 6.64. The van der Waals surface area contributed by atoms with E-state index >= 15 is 0 Å². The number of nitrogens with one attached hydrogen (secondary N) is 1. The van der Waals surface area contributed by atoms with Gasteiger partial charge in [0.1, 0.15) is 11.4 Å². The molecule has 0 radical (unpaired) electrons. The Morgan fingerprint density at radius 3 is 2.63 bits per heavy atom. The van der Waals surface area contributed by atoms with Crippen LogP contribution in [0.2, 0.25) is 0 Å². The van der Waals surface area contributed by atoms with Crippen LogP contribution in [0, 0.1) is 17.1 Å². The largest absolute Gasteiger partial charge is 0.372 e. The molecule has 1 unspecified atom stereocenters. The van der Waals surface area contributed by atoms with Gasteiger partial charge in [-0.05, 0) is 38.4 Å². The summed E-state index contributed by atoms with van der Waals surface area (Å²) in [5, 5.41) is 12.3. The summed E-state index contributed by atoms with van der Waals surface area (Å²) in [4.78, 5) is 1.89. The van der Waals surface area contributed by atoms with E-state index in [2.05, 4.69) is 11.4 Å². The number of hydrogen-bond acceptors (Lipinski definition) is 3. The molecule has 0 spiro atoms. The SMILES string of the molecule is CCC(C#N)(CCCN(C)c1ccccc1F)NC. The van der Waals surface area contributed by atoms with Crippen molar-refractivity contribution in [1.29, 1.82) is 5.26 Å². The summed E-state index contributed by atoms with van der Waals surface area (Å²) in [6.45, 7) is 2.73. The highest BCUT2D eigenvalue weighted by Gasteiger charge is 2.24. The van der Waals surface area contributed by atoms with E-state index in [0.29, 0.717) is 5.69 Å². The minimum absolute atomic E-state index is 0.208. The van der Waals surface area contributed by atoms with Crippen molar-refractivity contribution in [2.45, 2.75) is 31.7 Å². The summed E-state index contributed by atoms with van der Waals surface area (Å²) in [6, 6.07) is 9.08. The maximum absolute atomic E-state index is 13.6. The van der Waals surface area contributed by atoms with Crippen LogP contribution in [0.15, 0.2) is 24.3 Å². The third-order valence-corrected chi connectivity index (χ3v) is 3.66. The van der Waals surface area contributed by atoms with Gasteiger partial charge in [-0.15, -0.1) is 0 Å². The van der Waals surface area contributed by atoms with E-state index in [1.165, 1.54) is 6.07 Å².